The maximum atomic E-state index is 10.8. The fourth-order valence-corrected chi connectivity index (χ4v) is 3.59. The first-order chi connectivity index (χ1) is 9.02. The zero-order chi connectivity index (χ0) is 14.0. The van der Waals surface area contributed by atoms with E-state index in [9.17, 15) is 4.79 Å². The number of hydrogen-bond donors (Lipinski definition) is 1. The van der Waals surface area contributed by atoms with Gasteiger partial charge in [0.05, 0.1) is 19.2 Å². The zero-order valence-corrected chi connectivity index (χ0v) is 12.3. The molecule has 0 bridgehead atoms. The Morgan fingerprint density at radius 3 is 2.95 bits per heavy atom. The van der Waals surface area contributed by atoms with Gasteiger partial charge in [0.2, 0.25) is 0 Å². The van der Waals surface area contributed by atoms with Gasteiger partial charge in [-0.1, -0.05) is 13.0 Å². The highest BCUT2D eigenvalue weighted by atomic mass is 32.2. The van der Waals surface area contributed by atoms with E-state index in [2.05, 4.69) is 24.8 Å². The molecule has 0 spiro atoms. The normalized spacial score (nSPS) is 18.1. The van der Waals surface area contributed by atoms with E-state index in [0.29, 0.717) is 11.8 Å². The van der Waals surface area contributed by atoms with Gasteiger partial charge in [-0.3, -0.25) is 4.79 Å². The van der Waals surface area contributed by atoms with Crippen LogP contribution in [0.5, 0.6) is 5.75 Å². The van der Waals surface area contributed by atoms with E-state index < -0.39 is 5.97 Å². The van der Waals surface area contributed by atoms with Crippen LogP contribution in [0.25, 0.3) is 0 Å². The van der Waals surface area contributed by atoms with Gasteiger partial charge in [-0.15, -0.1) is 11.8 Å². The summed E-state index contributed by atoms with van der Waals surface area (Å²) in [5.41, 5.74) is 2.26. The van der Waals surface area contributed by atoms with Crippen molar-refractivity contribution in [2.75, 3.05) is 25.1 Å². The Labute approximate surface area is 117 Å². The molecule has 0 saturated heterocycles. The number of anilines is 1. The van der Waals surface area contributed by atoms with Crippen LogP contribution < -0.4 is 9.64 Å². The summed E-state index contributed by atoms with van der Waals surface area (Å²) < 4.78 is 5.44. The third-order valence-corrected chi connectivity index (χ3v) is 4.52. The fourth-order valence-electron chi connectivity index (χ4n) is 2.34. The van der Waals surface area contributed by atoms with Crippen molar-refractivity contribution < 1.29 is 14.6 Å². The van der Waals surface area contributed by atoms with Gasteiger partial charge in [-0.25, -0.2) is 0 Å². The summed E-state index contributed by atoms with van der Waals surface area (Å²) >= 11 is 1.84. The van der Waals surface area contributed by atoms with Gasteiger partial charge in [0.15, 0.2) is 0 Å². The van der Waals surface area contributed by atoms with Crippen LogP contribution in [0, 0.1) is 6.92 Å². The molecule has 0 aromatic heterocycles. The molecule has 0 aliphatic carbocycles. The van der Waals surface area contributed by atoms with Crippen LogP contribution in [0.15, 0.2) is 17.0 Å². The zero-order valence-electron chi connectivity index (χ0n) is 11.5. The van der Waals surface area contributed by atoms with Crippen molar-refractivity contribution in [3.8, 4) is 5.75 Å². The van der Waals surface area contributed by atoms with E-state index >= 15 is 0 Å². The fraction of sp³-hybridized carbons (Fsp3) is 0.500. The molecule has 1 unspecified atom stereocenters. The number of methoxy groups -OCH3 is 1. The summed E-state index contributed by atoms with van der Waals surface area (Å²) in [6.45, 7) is 5.62. The molecule has 4 nitrogen and oxygen atoms in total. The lowest BCUT2D eigenvalue weighted by atomic mass is 10.1. The van der Waals surface area contributed by atoms with Crippen molar-refractivity contribution in [2.24, 2.45) is 0 Å². The predicted octanol–water partition coefficient (Wildman–Crippen LogP) is 2.78. The molecule has 0 radical (unpaired) electrons. The molecular weight excluding hydrogens is 262 g/mol. The summed E-state index contributed by atoms with van der Waals surface area (Å²) in [7, 11) is 1.66. The Hall–Kier alpha value is -1.36. The van der Waals surface area contributed by atoms with Crippen LogP contribution in [0.2, 0.25) is 0 Å². The highest BCUT2D eigenvalue weighted by Gasteiger charge is 2.27. The lowest BCUT2D eigenvalue weighted by Crippen LogP contribution is -2.35. The molecule has 2 rings (SSSR count). The number of rotatable bonds is 4. The molecule has 0 fully saturated rings. The number of aliphatic carboxylic acids is 1. The second kappa shape index (κ2) is 5.74. The average molecular weight is 281 g/mol. The van der Waals surface area contributed by atoms with Crippen LogP contribution in [-0.2, 0) is 4.79 Å². The standard InChI is InChI=1S/C14H19NO3S/c1-9-4-5-11(18-3)13-14(9)19-10(2)8-15(13)7-6-12(16)17/h4-5,10H,6-8H2,1-3H3,(H,16,17). The molecule has 1 aromatic carbocycles. The van der Waals surface area contributed by atoms with Crippen molar-refractivity contribution in [1.82, 2.24) is 0 Å². The van der Waals surface area contributed by atoms with E-state index in [1.165, 1.54) is 10.5 Å². The van der Waals surface area contributed by atoms with Crippen LogP contribution >= 0.6 is 11.8 Å². The molecule has 0 amide bonds. The van der Waals surface area contributed by atoms with Gasteiger partial charge in [0.25, 0.3) is 0 Å². The van der Waals surface area contributed by atoms with E-state index in [0.717, 1.165) is 18.0 Å². The van der Waals surface area contributed by atoms with E-state index in [1.54, 1.807) is 7.11 Å². The number of thioether (sulfide) groups is 1. The number of carboxylic acid groups (broad SMARTS) is 1. The Bertz CT molecular complexity index is 490. The van der Waals surface area contributed by atoms with Crippen molar-refractivity contribution in [2.45, 2.75) is 30.4 Å². The van der Waals surface area contributed by atoms with Crippen molar-refractivity contribution in [3.63, 3.8) is 0 Å². The molecule has 1 aliphatic heterocycles. The molecule has 104 valence electrons. The first kappa shape index (κ1) is 14.1. The molecule has 1 aliphatic rings. The van der Waals surface area contributed by atoms with Gasteiger partial charge < -0.3 is 14.7 Å². The third kappa shape index (κ3) is 2.97. The van der Waals surface area contributed by atoms with Crippen LogP contribution in [0.3, 0.4) is 0 Å². The van der Waals surface area contributed by atoms with Gasteiger partial charge in [0, 0.05) is 23.2 Å². The molecule has 5 heteroatoms. The van der Waals surface area contributed by atoms with Crippen molar-refractivity contribution in [1.29, 1.82) is 0 Å². The number of carboxylic acids is 1. The number of nitrogens with zero attached hydrogens (tertiary/aromatic N) is 1. The summed E-state index contributed by atoms with van der Waals surface area (Å²) in [5, 5.41) is 9.33. The predicted molar refractivity (Wildman–Crippen MR) is 77.5 cm³/mol. The van der Waals surface area contributed by atoms with Crippen molar-refractivity contribution in [3.05, 3.63) is 17.7 Å². The number of benzene rings is 1. The lowest BCUT2D eigenvalue weighted by molar-refractivity contribution is -0.136. The number of carbonyl (C=O) groups is 1. The number of hydrogen-bond acceptors (Lipinski definition) is 4. The van der Waals surface area contributed by atoms with Gasteiger partial charge in [-0.2, -0.15) is 0 Å². The van der Waals surface area contributed by atoms with E-state index in [-0.39, 0.29) is 6.42 Å². The number of aryl methyl sites for hydroxylation is 1. The molecule has 1 aromatic rings. The quantitative estimate of drug-likeness (QED) is 0.919. The maximum Gasteiger partial charge on any atom is 0.305 e. The highest BCUT2D eigenvalue weighted by molar-refractivity contribution is 8.00. The van der Waals surface area contributed by atoms with Crippen LogP contribution in [0.1, 0.15) is 18.9 Å². The summed E-state index contributed by atoms with van der Waals surface area (Å²) in [6, 6.07) is 4.01. The molecule has 0 saturated carbocycles. The Morgan fingerprint density at radius 2 is 2.32 bits per heavy atom. The Kier molecular flexibility index (Phi) is 4.24. The second-order valence-corrected chi connectivity index (χ2v) is 6.23. The third-order valence-electron chi connectivity index (χ3n) is 3.22. The minimum absolute atomic E-state index is 0.147. The van der Waals surface area contributed by atoms with Crippen LogP contribution in [0.4, 0.5) is 5.69 Å². The monoisotopic (exact) mass is 281 g/mol. The first-order valence-corrected chi connectivity index (χ1v) is 7.22. The molecule has 19 heavy (non-hydrogen) atoms. The number of ether oxygens (including phenoxy) is 1. The van der Waals surface area contributed by atoms with Gasteiger partial charge in [0.1, 0.15) is 5.75 Å². The smallest absolute Gasteiger partial charge is 0.305 e. The van der Waals surface area contributed by atoms with E-state index in [1.807, 2.05) is 17.8 Å². The average Bonchev–Trinajstić information content (AvgIpc) is 2.37. The Balaban J connectivity index is 2.39. The summed E-state index contributed by atoms with van der Waals surface area (Å²) in [5.74, 6) is 0.0597. The SMILES string of the molecule is COc1ccc(C)c2c1N(CCC(=O)O)CC(C)S2. The molecule has 1 N–H and O–H groups in total. The first-order valence-electron chi connectivity index (χ1n) is 6.34. The van der Waals surface area contributed by atoms with Gasteiger partial charge >= 0.3 is 5.97 Å². The molecular formula is C14H19NO3S. The molecule has 1 atom stereocenters. The Morgan fingerprint density at radius 1 is 1.58 bits per heavy atom. The highest BCUT2D eigenvalue weighted by Crippen LogP contribution is 2.45. The lowest BCUT2D eigenvalue weighted by Gasteiger charge is -2.35. The summed E-state index contributed by atoms with van der Waals surface area (Å²) in [4.78, 5) is 14.1. The number of fused-ring (bicyclic) bond motifs is 1. The van der Waals surface area contributed by atoms with Crippen molar-refractivity contribution >= 4 is 23.4 Å². The van der Waals surface area contributed by atoms with Gasteiger partial charge in [-0.05, 0) is 18.6 Å². The minimum atomic E-state index is -0.765. The second-order valence-electron chi connectivity index (χ2n) is 4.78. The topological polar surface area (TPSA) is 49.8 Å². The minimum Gasteiger partial charge on any atom is -0.495 e. The van der Waals surface area contributed by atoms with Crippen LogP contribution in [-0.4, -0.2) is 36.5 Å². The molecule has 1 heterocycles. The maximum absolute atomic E-state index is 10.8. The summed E-state index contributed by atoms with van der Waals surface area (Å²) in [6.07, 6.45) is 0.147. The largest absolute Gasteiger partial charge is 0.495 e. The van der Waals surface area contributed by atoms with E-state index in [4.69, 9.17) is 9.84 Å².